The molecular formula is C12H18ClN3O2. The third kappa shape index (κ3) is 4.50. The lowest BCUT2D eigenvalue weighted by Crippen LogP contribution is -2.13. The molecule has 0 aromatic carbocycles. The van der Waals surface area contributed by atoms with Gasteiger partial charge in [0.05, 0.1) is 11.9 Å². The molecule has 3 N–H and O–H groups in total. The Hall–Kier alpha value is -1.33. The molecule has 0 bridgehead atoms. The van der Waals surface area contributed by atoms with Crippen molar-refractivity contribution in [3.63, 3.8) is 0 Å². The lowest BCUT2D eigenvalue weighted by molar-refractivity contribution is -0.116. The van der Waals surface area contributed by atoms with Crippen molar-refractivity contribution in [2.75, 3.05) is 24.3 Å². The fraction of sp³-hybridized carbons (Fsp3) is 0.500. The van der Waals surface area contributed by atoms with Crippen molar-refractivity contribution in [3.05, 3.63) is 18.3 Å². The van der Waals surface area contributed by atoms with E-state index in [1.165, 1.54) is 0 Å². The first-order valence-electron chi connectivity index (χ1n) is 5.83. The van der Waals surface area contributed by atoms with E-state index < -0.39 is 0 Å². The van der Waals surface area contributed by atoms with Gasteiger partial charge in [-0.1, -0.05) is 0 Å². The highest BCUT2D eigenvalue weighted by atomic mass is 35.5. The van der Waals surface area contributed by atoms with E-state index in [1.807, 2.05) is 0 Å². The molecule has 5 nitrogen and oxygen atoms in total. The molecule has 1 aliphatic rings. The van der Waals surface area contributed by atoms with Gasteiger partial charge in [0.15, 0.2) is 0 Å². The number of nitrogen functional groups attached to an aromatic ring is 1. The number of rotatable bonds is 4. The first-order chi connectivity index (χ1) is 8.24. The third-order valence-corrected chi connectivity index (χ3v) is 2.87. The first kappa shape index (κ1) is 14.7. The van der Waals surface area contributed by atoms with Crippen LogP contribution in [0.25, 0.3) is 0 Å². The van der Waals surface area contributed by atoms with Crippen molar-refractivity contribution >= 4 is 29.8 Å². The van der Waals surface area contributed by atoms with Gasteiger partial charge in [-0.25, -0.2) is 4.98 Å². The first-order valence-corrected chi connectivity index (χ1v) is 5.83. The average molecular weight is 272 g/mol. The Kier molecular flexibility index (Phi) is 5.88. The molecule has 1 aliphatic heterocycles. The zero-order chi connectivity index (χ0) is 12.1. The number of carbonyl (C=O) groups is 1. The molecule has 1 aromatic heterocycles. The summed E-state index contributed by atoms with van der Waals surface area (Å²) in [6.07, 6.45) is 4.04. The zero-order valence-electron chi connectivity index (χ0n) is 10.1. The topological polar surface area (TPSA) is 77.2 Å². The van der Waals surface area contributed by atoms with Gasteiger partial charge >= 0.3 is 0 Å². The molecule has 6 heteroatoms. The number of aromatic nitrogens is 1. The maximum absolute atomic E-state index is 11.6. The number of nitrogens with zero attached hydrogens (tertiary/aromatic N) is 1. The van der Waals surface area contributed by atoms with Gasteiger partial charge in [0.2, 0.25) is 5.91 Å². The van der Waals surface area contributed by atoms with E-state index >= 15 is 0 Å². The Morgan fingerprint density at radius 3 is 3.00 bits per heavy atom. The van der Waals surface area contributed by atoms with Crippen LogP contribution in [0.2, 0.25) is 0 Å². The van der Waals surface area contributed by atoms with Crippen LogP contribution in [0.15, 0.2) is 18.3 Å². The second kappa shape index (κ2) is 7.18. The summed E-state index contributed by atoms with van der Waals surface area (Å²) in [5.74, 6) is 1.000. The molecular weight excluding hydrogens is 254 g/mol. The van der Waals surface area contributed by atoms with Crippen molar-refractivity contribution in [2.45, 2.75) is 19.3 Å². The second-order valence-electron chi connectivity index (χ2n) is 4.29. The van der Waals surface area contributed by atoms with Crippen LogP contribution in [-0.2, 0) is 9.53 Å². The van der Waals surface area contributed by atoms with Crippen LogP contribution in [0.4, 0.5) is 11.5 Å². The number of pyridine rings is 1. The highest BCUT2D eigenvalue weighted by Gasteiger charge is 2.16. The highest BCUT2D eigenvalue weighted by Crippen LogP contribution is 2.18. The molecule has 1 fully saturated rings. The maximum Gasteiger partial charge on any atom is 0.224 e. The molecule has 2 heterocycles. The van der Waals surface area contributed by atoms with Gasteiger partial charge in [-0.05, 0) is 30.9 Å². The van der Waals surface area contributed by atoms with E-state index in [9.17, 15) is 4.79 Å². The number of hydrogen-bond donors (Lipinski definition) is 2. The fourth-order valence-corrected chi connectivity index (χ4v) is 1.85. The van der Waals surface area contributed by atoms with Crippen molar-refractivity contribution in [3.8, 4) is 0 Å². The number of nitrogens with one attached hydrogen (secondary N) is 1. The number of nitrogens with two attached hydrogens (primary N) is 1. The third-order valence-electron chi connectivity index (χ3n) is 2.87. The lowest BCUT2D eigenvalue weighted by atomic mass is 10.0. The van der Waals surface area contributed by atoms with Gasteiger partial charge in [0, 0.05) is 19.6 Å². The smallest absolute Gasteiger partial charge is 0.224 e. The summed E-state index contributed by atoms with van der Waals surface area (Å²) in [6.45, 7) is 1.62. The summed E-state index contributed by atoms with van der Waals surface area (Å²) >= 11 is 0. The Labute approximate surface area is 113 Å². The summed E-state index contributed by atoms with van der Waals surface area (Å²) in [5.41, 5.74) is 6.15. The molecule has 100 valence electrons. The molecule has 2 rings (SSSR count). The van der Waals surface area contributed by atoms with Crippen LogP contribution in [0.1, 0.15) is 19.3 Å². The van der Waals surface area contributed by atoms with E-state index in [0.29, 0.717) is 23.8 Å². The molecule has 0 saturated carbocycles. The Morgan fingerprint density at radius 2 is 2.39 bits per heavy atom. The number of ether oxygens (including phenoxy) is 1. The Balaban J connectivity index is 0.00000162. The quantitative estimate of drug-likeness (QED) is 0.876. The molecule has 18 heavy (non-hydrogen) atoms. The minimum atomic E-state index is 0. The Morgan fingerprint density at radius 1 is 1.56 bits per heavy atom. The molecule has 0 aliphatic carbocycles. The largest absolute Gasteiger partial charge is 0.384 e. The molecule has 1 aromatic rings. The van der Waals surface area contributed by atoms with E-state index in [1.54, 1.807) is 18.3 Å². The van der Waals surface area contributed by atoms with Crippen molar-refractivity contribution in [1.82, 2.24) is 4.98 Å². The van der Waals surface area contributed by atoms with Crippen LogP contribution >= 0.6 is 12.4 Å². The van der Waals surface area contributed by atoms with Crippen molar-refractivity contribution in [2.24, 2.45) is 5.92 Å². The summed E-state index contributed by atoms with van der Waals surface area (Å²) in [5, 5.41) is 2.80. The van der Waals surface area contributed by atoms with Gasteiger partial charge < -0.3 is 15.8 Å². The van der Waals surface area contributed by atoms with Gasteiger partial charge in [-0.2, -0.15) is 0 Å². The number of halogens is 1. The number of hydrogen-bond acceptors (Lipinski definition) is 4. The minimum absolute atomic E-state index is 0. The Bertz CT molecular complexity index is 377. The summed E-state index contributed by atoms with van der Waals surface area (Å²) < 4.78 is 5.27. The van der Waals surface area contributed by atoms with E-state index in [4.69, 9.17) is 10.5 Å². The average Bonchev–Trinajstić information content (AvgIpc) is 2.83. The van der Waals surface area contributed by atoms with E-state index in [-0.39, 0.29) is 18.3 Å². The second-order valence-corrected chi connectivity index (χ2v) is 4.29. The lowest BCUT2D eigenvalue weighted by Gasteiger charge is -2.08. The summed E-state index contributed by atoms with van der Waals surface area (Å²) in [6, 6.07) is 3.42. The minimum Gasteiger partial charge on any atom is -0.384 e. The van der Waals surface area contributed by atoms with Crippen LogP contribution in [0.5, 0.6) is 0 Å². The SMILES string of the molecule is Cl.Nc1ccc(NC(=O)CCC2CCOC2)cn1. The van der Waals surface area contributed by atoms with Crippen molar-refractivity contribution in [1.29, 1.82) is 0 Å². The highest BCUT2D eigenvalue weighted by molar-refractivity contribution is 5.90. The molecule has 1 unspecified atom stereocenters. The number of amides is 1. The normalized spacial score (nSPS) is 18.1. The van der Waals surface area contributed by atoms with Gasteiger partial charge in [-0.3, -0.25) is 4.79 Å². The molecule has 1 amide bonds. The predicted molar refractivity (Wildman–Crippen MR) is 72.7 cm³/mol. The maximum atomic E-state index is 11.6. The van der Waals surface area contributed by atoms with Crippen molar-refractivity contribution < 1.29 is 9.53 Å². The predicted octanol–water partition coefficient (Wildman–Crippen LogP) is 1.84. The summed E-state index contributed by atoms with van der Waals surface area (Å²) in [4.78, 5) is 15.6. The molecule has 1 atom stereocenters. The number of carbonyl (C=O) groups excluding carboxylic acids is 1. The fourth-order valence-electron chi connectivity index (χ4n) is 1.85. The van der Waals surface area contributed by atoms with Gasteiger partial charge in [0.1, 0.15) is 5.82 Å². The zero-order valence-corrected chi connectivity index (χ0v) is 10.9. The van der Waals surface area contributed by atoms with E-state index in [2.05, 4.69) is 10.3 Å². The van der Waals surface area contributed by atoms with Gasteiger partial charge in [0.25, 0.3) is 0 Å². The summed E-state index contributed by atoms with van der Waals surface area (Å²) in [7, 11) is 0. The van der Waals surface area contributed by atoms with Crippen LogP contribution < -0.4 is 11.1 Å². The molecule has 1 saturated heterocycles. The molecule has 0 radical (unpaired) electrons. The monoisotopic (exact) mass is 271 g/mol. The van der Waals surface area contributed by atoms with Gasteiger partial charge in [-0.15, -0.1) is 12.4 Å². The van der Waals surface area contributed by atoms with E-state index in [0.717, 1.165) is 26.1 Å². The van der Waals surface area contributed by atoms with Crippen LogP contribution in [0, 0.1) is 5.92 Å². The number of anilines is 2. The van der Waals surface area contributed by atoms with Crippen LogP contribution in [-0.4, -0.2) is 24.1 Å². The standard InChI is InChI=1S/C12H17N3O2.ClH/c13-11-3-2-10(7-14-11)15-12(16)4-1-9-5-6-17-8-9;/h2-3,7,9H,1,4-6,8H2,(H2,13,14)(H,15,16);1H. The molecule has 0 spiro atoms. The van der Waals surface area contributed by atoms with Crippen LogP contribution in [0.3, 0.4) is 0 Å².